The zero-order chi connectivity index (χ0) is 6.62. The zero-order valence-electron chi connectivity index (χ0n) is 5.39. The van der Waals surface area contributed by atoms with Crippen molar-refractivity contribution in [2.24, 2.45) is 0 Å². The molecule has 0 heterocycles. The van der Waals surface area contributed by atoms with Crippen LogP contribution in [0, 0.1) is 5.41 Å². The van der Waals surface area contributed by atoms with Gasteiger partial charge < -0.3 is 14.3 Å². The Labute approximate surface area is 50.4 Å². The molecule has 0 aromatic heterocycles. The summed E-state index contributed by atoms with van der Waals surface area (Å²) in [5.41, 5.74) is 0. The molecule has 0 fully saturated rings. The minimum Gasteiger partial charge on any atom is -0.394 e. The van der Waals surface area contributed by atoms with E-state index in [1.807, 2.05) is 0 Å². The molecule has 0 unspecified atom stereocenters. The molecule has 8 heavy (non-hydrogen) atoms. The fraction of sp³-hybridized carbons (Fsp3) is 0.750. The lowest BCUT2D eigenvalue weighted by Gasteiger charge is -2.15. The fourth-order valence-corrected chi connectivity index (χ4v) is 0.604. The van der Waals surface area contributed by atoms with Crippen LogP contribution in [0.25, 0.3) is 0 Å². The van der Waals surface area contributed by atoms with Gasteiger partial charge in [-0.25, -0.2) is 0 Å². The Hall–Kier alpha value is -0.193. The highest BCUT2D eigenvalue weighted by molar-refractivity contribution is 6.91. The molecule has 0 spiro atoms. The molecule has 0 aromatic carbocycles. The number of rotatable bonds is 3. The van der Waals surface area contributed by atoms with Crippen LogP contribution >= 0.6 is 0 Å². The molecular weight excluding hydrogens is 122 g/mol. The van der Waals surface area contributed by atoms with Gasteiger partial charge in [0.2, 0.25) is 0 Å². The standard InChI is InChI=1S/C4H11NO2Si/c1-6-8(3,4-5)7-2/h4-5H,1-3H3. The highest BCUT2D eigenvalue weighted by Gasteiger charge is 2.24. The second kappa shape index (κ2) is 2.96. The minimum absolute atomic E-state index is 1.24. The summed E-state index contributed by atoms with van der Waals surface area (Å²) in [6.07, 6.45) is 0. The fourth-order valence-electron chi connectivity index (χ4n) is 0.201. The van der Waals surface area contributed by atoms with Crippen molar-refractivity contribution >= 4 is 14.4 Å². The van der Waals surface area contributed by atoms with Crippen molar-refractivity contribution < 1.29 is 8.85 Å². The summed E-state index contributed by atoms with van der Waals surface area (Å²) >= 11 is 0. The molecule has 0 aliphatic heterocycles. The maximum atomic E-state index is 6.84. The van der Waals surface area contributed by atoms with Crippen LogP contribution < -0.4 is 0 Å². The molecule has 0 aliphatic carbocycles. The van der Waals surface area contributed by atoms with E-state index in [4.69, 9.17) is 14.3 Å². The van der Waals surface area contributed by atoms with Crippen molar-refractivity contribution in [1.82, 2.24) is 0 Å². The lowest BCUT2D eigenvalue weighted by Crippen LogP contribution is -2.38. The molecule has 0 amide bonds. The van der Waals surface area contributed by atoms with E-state index in [0.717, 1.165) is 0 Å². The van der Waals surface area contributed by atoms with Gasteiger partial charge in [0, 0.05) is 20.1 Å². The lowest BCUT2D eigenvalue weighted by atomic mass is 11.7. The summed E-state index contributed by atoms with van der Waals surface area (Å²) in [4.78, 5) is 0. The Morgan fingerprint density at radius 3 is 1.75 bits per heavy atom. The van der Waals surface area contributed by atoms with Gasteiger partial charge in [-0.05, 0) is 6.55 Å². The van der Waals surface area contributed by atoms with Crippen molar-refractivity contribution in [3.8, 4) is 0 Å². The molecule has 0 aliphatic rings. The molecule has 0 radical (unpaired) electrons. The van der Waals surface area contributed by atoms with E-state index >= 15 is 0 Å². The van der Waals surface area contributed by atoms with E-state index in [1.165, 1.54) is 5.84 Å². The molecule has 4 heteroatoms. The minimum atomic E-state index is -2.13. The zero-order valence-corrected chi connectivity index (χ0v) is 6.39. The van der Waals surface area contributed by atoms with Crippen LogP contribution in [0.1, 0.15) is 0 Å². The molecule has 0 aromatic rings. The second-order valence-electron chi connectivity index (χ2n) is 1.57. The van der Waals surface area contributed by atoms with Gasteiger partial charge in [-0.3, -0.25) is 0 Å². The first kappa shape index (κ1) is 7.81. The van der Waals surface area contributed by atoms with Gasteiger partial charge in [0.15, 0.2) is 0 Å². The first-order chi connectivity index (χ1) is 3.68. The molecule has 0 saturated heterocycles. The second-order valence-corrected chi connectivity index (χ2v) is 4.71. The Kier molecular flexibility index (Phi) is 2.89. The molecule has 0 rings (SSSR count). The highest BCUT2D eigenvalue weighted by atomic mass is 28.4. The van der Waals surface area contributed by atoms with Crippen LogP contribution in [-0.4, -0.2) is 28.6 Å². The van der Waals surface area contributed by atoms with Gasteiger partial charge in [0.05, 0.1) is 0 Å². The smallest absolute Gasteiger partial charge is 0.379 e. The van der Waals surface area contributed by atoms with E-state index in [2.05, 4.69) is 0 Å². The Morgan fingerprint density at radius 1 is 1.38 bits per heavy atom. The van der Waals surface area contributed by atoms with Crippen LogP contribution in [0.5, 0.6) is 0 Å². The molecule has 1 N–H and O–H groups in total. The summed E-state index contributed by atoms with van der Waals surface area (Å²) in [5.74, 6) is 1.24. The van der Waals surface area contributed by atoms with Crippen LogP contribution in [0.4, 0.5) is 0 Å². The monoisotopic (exact) mass is 133 g/mol. The Bertz CT molecular complexity index is 82.1. The number of hydrogen-bond donors (Lipinski definition) is 1. The van der Waals surface area contributed by atoms with Gasteiger partial charge >= 0.3 is 8.56 Å². The molecule has 48 valence electrons. The SMILES string of the molecule is CO[Si](C)(C=N)OC. The molecule has 3 nitrogen and oxygen atoms in total. The van der Waals surface area contributed by atoms with Crippen LogP contribution in [0.2, 0.25) is 6.55 Å². The van der Waals surface area contributed by atoms with Crippen molar-refractivity contribution in [2.75, 3.05) is 14.2 Å². The van der Waals surface area contributed by atoms with E-state index < -0.39 is 8.56 Å². The first-order valence-electron chi connectivity index (χ1n) is 2.30. The topological polar surface area (TPSA) is 42.3 Å². The molecule has 0 bridgehead atoms. The lowest BCUT2D eigenvalue weighted by molar-refractivity contribution is 0.270. The first-order valence-corrected chi connectivity index (χ1v) is 4.70. The van der Waals surface area contributed by atoms with Gasteiger partial charge in [0.25, 0.3) is 0 Å². The van der Waals surface area contributed by atoms with Crippen LogP contribution in [-0.2, 0) is 8.85 Å². The average molecular weight is 133 g/mol. The van der Waals surface area contributed by atoms with E-state index in [9.17, 15) is 0 Å². The van der Waals surface area contributed by atoms with Gasteiger partial charge in [0.1, 0.15) is 0 Å². The number of hydrogen-bond acceptors (Lipinski definition) is 3. The third-order valence-corrected chi connectivity index (χ3v) is 3.22. The van der Waals surface area contributed by atoms with Crippen LogP contribution in [0.3, 0.4) is 0 Å². The van der Waals surface area contributed by atoms with Gasteiger partial charge in [-0.15, -0.1) is 0 Å². The van der Waals surface area contributed by atoms with E-state index in [0.29, 0.717) is 0 Å². The molecule has 0 atom stereocenters. The van der Waals surface area contributed by atoms with Crippen molar-refractivity contribution in [1.29, 1.82) is 5.41 Å². The maximum absolute atomic E-state index is 6.84. The van der Waals surface area contributed by atoms with Gasteiger partial charge in [-0.2, -0.15) is 0 Å². The maximum Gasteiger partial charge on any atom is 0.379 e. The van der Waals surface area contributed by atoms with E-state index in [1.54, 1.807) is 20.8 Å². The molecular formula is C4H11NO2Si. The summed E-state index contributed by atoms with van der Waals surface area (Å²) in [6.45, 7) is 1.81. The third-order valence-electron chi connectivity index (χ3n) is 1.07. The van der Waals surface area contributed by atoms with E-state index in [-0.39, 0.29) is 0 Å². The summed E-state index contributed by atoms with van der Waals surface area (Å²) in [7, 11) is 0.983. The summed E-state index contributed by atoms with van der Waals surface area (Å²) < 4.78 is 9.82. The predicted octanol–water partition coefficient (Wildman–Crippen LogP) is 0.540. The largest absolute Gasteiger partial charge is 0.394 e. The molecule has 0 saturated carbocycles. The van der Waals surface area contributed by atoms with Gasteiger partial charge in [-0.1, -0.05) is 0 Å². The van der Waals surface area contributed by atoms with Crippen molar-refractivity contribution in [3.63, 3.8) is 0 Å². The summed E-state index contributed by atoms with van der Waals surface area (Å²) in [5, 5.41) is 6.84. The number of nitrogens with one attached hydrogen (secondary N) is 1. The Morgan fingerprint density at radius 2 is 1.75 bits per heavy atom. The normalized spacial score (nSPS) is 11.4. The Balaban J connectivity index is 3.76. The predicted molar refractivity (Wildman–Crippen MR) is 34.4 cm³/mol. The summed E-state index contributed by atoms with van der Waals surface area (Å²) in [6, 6.07) is 0. The average Bonchev–Trinajstić information content (AvgIpc) is 1.87. The van der Waals surface area contributed by atoms with Crippen molar-refractivity contribution in [2.45, 2.75) is 6.55 Å². The quantitative estimate of drug-likeness (QED) is 0.451. The highest BCUT2D eigenvalue weighted by Crippen LogP contribution is 1.97. The third kappa shape index (κ3) is 1.73. The van der Waals surface area contributed by atoms with Crippen LogP contribution in [0.15, 0.2) is 0 Å². The van der Waals surface area contributed by atoms with Crippen molar-refractivity contribution in [3.05, 3.63) is 0 Å².